The van der Waals surface area contributed by atoms with Gasteiger partial charge in [0.05, 0.1) is 0 Å². The summed E-state index contributed by atoms with van der Waals surface area (Å²) in [5.41, 5.74) is 2.01. The number of nitrogens with one attached hydrogen (secondary N) is 2. The summed E-state index contributed by atoms with van der Waals surface area (Å²) in [5, 5.41) is 4.43. The Hall–Kier alpha value is -1.88. The van der Waals surface area contributed by atoms with Crippen molar-refractivity contribution >= 4 is 16.8 Å². The average molecular weight is 298 g/mol. The number of aromatic nitrogens is 2. The summed E-state index contributed by atoms with van der Waals surface area (Å²) in [6, 6.07) is 3.84. The number of pyridine rings is 1. The quantitative estimate of drug-likeness (QED) is 0.848. The van der Waals surface area contributed by atoms with Crippen molar-refractivity contribution in [3.63, 3.8) is 0 Å². The fourth-order valence-corrected chi connectivity index (χ4v) is 4.00. The Morgan fingerprint density at radius 1 is 1.27 bits per heavy atom. The van der Waals surface area contributed by atoms with E-state index in [1.165, 1.54) is 19.3 Å². The Morgan fingerprint density at radius 2 is 2.14 bits per heavy atom. The third-order valence-corrected chi connectivity index (χ3v) is 5.26. The SMILES string of the molecule is O=C(c1cc2cnccc2[nH]1)N1CCCC2(CCNCC2)C1. The van der Waals surface area contributed by atoms with E-state index in [-0.39, 0.29) is 5.91 Å². The molecule has 0 saturated carbocycles. The van der Waals surface area contributed by atoms with Crippen molar-refractivity contribution in [1.29, 1.82) is 0 Å². The molecule has 5 heteroatoms. The third-order valence-electron chi connectivity index (χ3n) is 5.26. The lowest BCUT2D eigenvalue weighted by Crippen LogP contribution is -2.50. The van der Waals surface area contributed by atoms with Gasteiger partial charge in [0.1, 0.15) is 5.69 Å². The standard InChI is InChI=1S/C17H22N4O/c22-16(15-10-13-11-19-6-2-14(13)20-15)21-9-1-3-17(12-21)4-7-18-8-5-17/h2,6,10-11,18,20H,1,3-5,7-9,12H2. The lowest BCUT2D eigenvalue weighted by molar-refractivity contribution is 0.0407. The summed E-state index contributed by atoms with van der Waals surface area (Å²) in [4.78, 5) is 22.3. The molecule has 1 amide bonds. The van der Waals surface area contributed by atoms with Gasteiger partial charge in [-0.15, -0.1) is 0 Å². The van der Waals surface area contributed by atoms with E-state index >= 15 is 0 Å². The molecule has 116 valence electrons. The summed E-state index contributed by atoms with van der Waals surface area (Å²) in [7, 11) is 0. The molecule has 2 saturated heterocycles. The van der Waals surface area contributed by atoms with Crippen molar-refractivity contribution in [2.45, 2.75) is 25.7 Å². The number of amides is 1. The fraction of sp³-hybridized carbons (Fsp3) is 0.529. The van der Waals surface area contributed by atoms with Crippen LogP contribution in [0.1, 0.15) is 36.2 Å². The molecule has 2 aliphatic heterocycles. The van der Waals surface area contributed by atoms with Crippen LogP contribution in [0.5, 0.6) is 0 Å². The molecule has 0 atom stereocenters. The number of carbonyl (C=O) groups excluding carboxylic acids is 1. The molecule has 4 heterocycles. The molecule has 5 nitrogen and oxygen atoms in total. The van der Waals surface area contributed by atoms with E-state index in [0.29, 0.717) is 11.1 Å². The molecule has 2 N–H and O–H groups in total. The maximum Gasteiger partial charge on any atom is 0.270 e. The van der Waals surface area contributed by atoms with Gasteiger partial charge in [-0.1, -0.05) is 0 Å². The van der Waals surface area contributed by atoms with Crippen molar-refractivity contribution in [1.82, 2.24) is 20.2 Å². The molecule has 0 bridgehead atoms. The van der Waals surface area contributed by atoms with Gasteiger partial charge in [0.25, 0.3) is 5.91 Å². The number of carbonyl (C=O) groups is 1. The highest BCUT2D eigenvalue weighted by Gasteiger charge is 2.38. The molecule has 0 radical (unpaired) electrons. The van der Waals surface area contributed by atoms with Gasteiger partial charge >= 0.3 is 0 Å². The topological polar surface area (TPSA) is 61.0 Å². The predicted octanol–water partition coefficient (Wildman–Crippen LogP) is 2.17. The average Bonchev–Trinajstić information content (AvgIpc) is 2.99. The number of likely N-dealkylation sites (tertiary alicyclic amines) is 1. The van der Waals surface area contributed by atoms with Crippen molar-refractivity contribution < 1.29 is 4.79 Å². The summed E-state index contributed by atoms with van der Waals surface area (Å²) in [5.74, 6) is 0.133. The van der Waals surface area contributed by atoms with Crippen LogP contribution in [0.2, 0.25) is 0 Å². The molecular formula is C17H22N4O. The first-order chi connectivity index (χ1) is 10.8. The number of hydrogen-bond acceptors (Lipinski definition) is 3. The number of piperidine rings is 2. The number of aromatic amines is 1. The van der Waals surface area contributed by atoms with Crippen LogP contribution < -0.4 is 5.32 Å². The molecule has 0 unspecified atom stereocenters. The normalized spacial score (nSPS) is 21.4. The van der Waals surface area contributed by atoms with Crippen LogP contribution in [0.15, 0.2) is 24.5 Å². The van der Waals surface area contributed by atoms with Crippen molar-refractivity contribution in [3.05, 3.63) is 30.2 Å². The highest BCUT2D eigenvalue weighted by atomic mass is 16.2. The molecule has 2 fully saturated rings. The molecular weight excluding hydrogens is 276 g/mol. The van der Waals surface area contributed by atoms with Crippen LogP contribution in [0.25, 0.3) is 10.9 Å². The molecule has 0 aromatic carbocycles. The maximum absolute atomic E-state index is 12.9. The first-order valence-corrected chi connectivity index (χ1v) is 8.19. The molecule has 4 rings (SSSR count). The number of nitrogens with zero attached hydrogens (tertiary/aromatic N) is 2. The minimum atomic E-state index is 0.133. The number of H-pyrrole nitrogens is 1. The van der Waals surface area contributed by atoms with Crippen LogP contribution in [0.3, 0.4) is 0 Å². The lowest BCUT2D eigenvalue weighted by atomic mass is 9.73. The fourth-order valence-electron chi connectivity index (χ4n) is 4.00. The lowest BCUT2D eigenvalue weighted by Gasteiger charge is -2.45. The highest BCUT2D eigenvalue weighted by molar-refractivity contribution is 5.97. The van der Waals surface area contributed by atoms with E-state index in [0.717, 1.165) is 43.5 Å². The van der Waals surface area contributed by atoms with Crippen molar-refractivity contribution in [2.75, 3.05) is 26.2 Å². The predicted molar refractivity (Wildman–Crippen MR) is 85.8 cm³/mol. The third kappa shape index (κ3) is 2.39. The Balaban J connectivity index is 1.56. The second-order valence-corrected chi connectivity index (χ2v) is 6.73. The minimum absolute atomic E-state index is 0.133. The molecule has 22 heavy (non-hydrogen) atoms. The van der Waals surface area contributed by atoms with Crippen molar-refractivity contribution in [2.24, 2.45) is 5.41 Å². The molecule has 2 aromatic heterocycles. The Bertz CT molecular complexity index is 648. The van der Waals surface area contributed by atoms with E-state index in [1.54, 1.807) is 12.4 Å². The molecule has 2 aliphatic rings. The minimum Gasteiger partial charge on any atom is -0.350 e. The maximum atomic E-state index is 12.9. The van der Waals surface area contributed by atoms with Gasteiger partial charge in [-0.25, -0.2) is 0 Å². The van der Waals surface area contributed by atoms with E-state index in [4.69, 9.17) is 0 Å². The number of rotatable bonds is 1. The zero-order chi connectivity index (χ0) is 15.0. The molecule has 0 aliphatic carbocycles. The van der Waals surface area contributed by atoms with E-state index in [9.17, 15) is 4.79 Å². The highest BCUT2D eigenvalue weighted by Crippen LogP contribution is 2.38. The van der Waals surface area contributed by atoms with E-state index in [2.05, 4.69) is 15.3 Å². The van der Waals surface area contributed by atoms with Crippen molar-refractivity contribution in [3.8, 4) is 0 Å². The van der Waals surface area contributed by atoms with Gasteiger partial charge in [0.15, 0.2) is 0 Å². The second-order valence-electron chi connectivity index (χ2n) is 6.73. The Kier molecular flexibility index (Phi) is 3.37. The van der Waals surface area contributed by atoms with Crippen LogP contribution >= 0.6 is 0 Å². The van der Waals surface area contributed by atoms with Gasteiger partial charge < -0.3 is 15.2 Å². The Labute approximate surface area is 130 Å². The van der Waals surface area contributed by atoms with Crippen LogP contribution in [0, 0.1) is 5.41 Å². The second kappa shape index (κ2) is 5.39. The number of fused-ring (bicyclic) bond motifs is 1. The first-order valence-electron chi connectivity index (χ1n) is 8.19. The van der Waals surface area contributed by atoms with Gasteiger partial charge in [0, 0.05) is 36.4 Å². The summed E-state index contributed by atoms with van der Waals surface area (Å²) in [6.45, 7) is 3.95. The zero-order valence-electron chi connectivity index (χ0n) is 12.8. The summed E-state index contributed by atoms with van der Waals surface area (Å²) < 4.78 is 0. The van der Waals surface area contributed by atoms with Gasteiger partial charge in [-0.3, -0.25) is 9.78 Å². The largest absolute Gasteiger partial charge is 0.350 e. The monoisotopic (exact) mass is 298 g/mol. The van der Waals surface area contributed by atoms with Crippen LogP contribution in [0.4, 0.5) is 0 Å². The van der Waals surface area contributed by atoms with E-state index in [1.807, 2.05) is 17.0 Å². The van der Waals surface area contributed by atoms with Gasteiger partial charge in [-0.05, 0) is 56.3 Å². The van der Waals surface area contributed by atoms with Gasteiger partial charge in [-0.2, -0.15) is 0 Å². The molecule has 1 spiro atoms. The molecule has 2 aromatic rings. The number of hydrogen-bond donors (Lipinski definition) is 2. The first kappa shape index (κ1) is 13.8. The zero-order valence-corrected chi connectivity index (χ0v) is 12.8. The smallest absolute Gasteiger partial charge is 0.270 e. The van der Waals surface area contributed by atoms with Gasteiger partial charge in [0.2, 0.25) is 0 Å². The summed E-state index contributed by atoms with van der Waals surface area (Å²) in [6.07, 6.45) is 8.30. The Morgan fingerprint density at radius 3 is 2.95 bits per heavy atom. The van der Waals surface area contributed by atoms with Crippen LogP contribution in [-0.2, 0) is 0 Å². The van der Waals surface area contributed by atoms with E-state index < -0.39 is 0 Å². The summed E-state index contributed by atoms with van der Waals surface area (Å²) >= 11 is 0. The van der Waals surface area contributed by atoms with Crippen LogP contribution in [-0.4, -0.2) is 47.0 Å².